The molecular formula is C16H31O2-. The lowest BCUT2D eigenvalue weighted by Crippen LogP contribution is -2.21. The second-order valence-electron chi connectivity index (χ2n) is 6.61. The van der Waals surface area contributed by atoms with Gasteiger partial charge in [0.1, 0.15) is 0 Å². The van der Waals surface area contributed by atoms with Crippen LogP contribution >= 0.6 is 0 Å². The highest BCUT2D eigenvalue weighted by Gasteiger charge is 2.08. The van der Waals surface area contributed by atoms with E-state index in [0.29, 0.717) is 5.41 Å². The minimum absolute atomic E-state index is 0.229. The molecule has 0 rings (SSSR count). The molecule has 18 heavy (non-hydrogen) atoms. The first-order valence-electron chi connectivity index (χ1n) is 7.62. The van der Waals surface area contributed by atoms with Gasteiger partial charge in [-0.2, -0.15) is 0 Å². The summed E-state index contributed by atoms with van der Waals surface area (Å²) in [4.78, 5) is 10.2. The summed E-state index contributed by atoms with van der Waals surface area (Å²) < 4.78 is 0. The average molecular weight is 255 g/mol. The van der Waals surface area contributed by atoms with Crippen LogP contribution < -0.4 is 5.11 Å². The van der Waals surface area contributed by atoms with Crippen LogP contribution in [0, 0.1) is 5.41 Å². The molecule has 0 aromatic heterocycles. The molecule has 0 unspecified atom stereocenters. The van der Waals surface area contributed by atoms with Gasteiger partial charge < -0.3 is 9.90 Å². The van der Waals surface area contributed by atoms with Gasteiger partial charge in [0.2, 0.25) is 0 Å². The van der Waals surface area contributed by atoms with Gasteiger partial charge in [0.25, 0.3) is 0 Å². The minimum atomic E-state index is -0.908. The Morgan fingerprint density at radius 1 is 0.778 bits per heavy atom. The zero-order valence-corrected chi connectivity index (χ0v) is 12.6. The largest absolute Gasteiger partial charge is 0.550 e. The van der Waals surface area contributed by atoms with Crippen LogP contribution in [0.5, 0.6) is 0 Å². The van der Waals surface area contributed by atoms with Gasteiger partial charge in [0, 0.05) is 5.97 Å². The van der Waals surface area contributed by atoms with E-state index in [1.54, 1.807) is 0 Å². The Morgan fingerprint density at radius 3 is 1.56 bits per heavy atom. The standard InChI is InChI=1S/C16H32O2/c1-16(2,3)14-12-10-8-6-4-5-7-9-11-13-15(17)18/h4-14H2,1-3H3,(H,17,18)/p-1. The fourth-order valence-electron chi connectivity index (χ4n) is 2.16. The Balaban J connectivity index is 3.06. The highest BCUT2D eigenvalue weighted by molar-refractivity contribution is 5.63. The quantitative estimate of drug-likeness (QED) is 0.522. The number of unbranched alkanes of at least 4 members (excludes halogenated alkanes) is 8. The molecule has 0 saturated heterocycles. The molecule has 2 nitrogen and oxygen atoms in total. The van der Waals surface area contributed by atoms with E-state index in [2.05, 4.69) is 20.8 Å². The van der Waals surface area contributed by atoms with Crippen LogP contribution in [0.4, 0.5) is 0 Å². The smallest absolute Gasteiger partial charge is 0.0414 e. The van der Waals surface area contributed by atoms with Crippen LogP contribution in [-0.4, -0.2) is 5.97 Å². The highest BCUT2D eigenvalue weighted by atomic mass is 16.4. The number of carboxylic acids is 1. The SMILES string of the molecule is CC(C)(C)CCCCCCCCCCCC(=O)[O-]. The molecule has 0 atom stereocenters. The van der Waals surface area contributed by atoms with E-state index in [1.165, 1.54) is 51.4 Å². The van der Waals surface area contributed by atoms with Crippen molar-refractivity contribution in [2.75, 3.05) is 0 Å². The van der Waals surface area contributed by atoms with E-state index >= 15 is 0 Å². The third kappa shape index (κ3) is 15.5. The molecule has 0 aromatic rings. The Bertz CT molecular complexity index is 204. The molecule has 0 aromatic carbocycles. The van der Waals surface area contributed by atoms with E-state index in [9.17, 15) is 9.90 Å². The van der Waals surface area contributed by atoms with Crippen LogP contribution in [0.2, 0.25) is 0 Å². The Hall–Kier alpha value is -0.530. The average Bonchev–Trinajstić information content (AvgIpc) is 2.24. The van der Waals surface area contributed by atoms with Gasteiger partial charge in [-0.1, -0.05) is 72.1 Å². The molecule has 0 radical (unpaired) electrons. The van der Waals surface area contributed by atoms with Crippen molar-refractivity contribution >= 4 is 5.97 Å². The van der Waals surface area contributed by atoms with Crippen molar-refractivity contribution < 1.29 is 9.90 Å². The van der Waals surface area contributed by atoms with Crippen LogP contribution in [0.1, 0.15) is 91.4 Å². The number of hydrogen-bond donors (Lipinski definition) is 0. The second-order valence-corrected chi connectivity index (χ2v) is 6.61. The van der Waals surface area contributed by atoms with Gasteiger partial charge in [0.15, 0.2) is 0 Å². The van der Waals surface area contributed by atoms with Crippen LogP contribution in [0.15, 0.2) is 0 Å². The van der Waals surface area contributed by atoms with Gasteiger partial charge in [-0.3, -0.25) is 0 Å². The summed E-state index contributed by atoms with van der Waals surface area (Å²) in [6.45, 7) is 6.92. The molecule has 0 aliphatic heterocycles. The van der Waals surface area contributed by atoms with Gasteiger partial charge in [0.05, 0.1) is 0 Å². The lowest BCUT2D eigenvalue weighted by molar-refractivity contribution is -0.305. The first-order valence-corrected chi connectivity index (χ1v) is 7.62. The van der Waals surface area contributed by atoms with Crippen LogP contribution in [-0.2, 0) is 4.79 Å². The van der Waals surface area contributed by atoms with Crippen molar-refractivity contribution in [3.63, 3.8) is 0 Å². The molecule has 0 amide bonds. The monoisotopic (exact) mass is 255 g/mol. The van der Waals surface area contributed by atoms with E-state index < -0.39 is 5.97 Å². The molecular weight excluding hydrogens is 224 g/mol. The molecule has 0 aliphatic rings. The van der Waals surface area contributed by atoms with Crippen molar-refractivity contribution in [1.82, 2.24) is 0 Å². The summed E-state index contributed by atoms with van der Waals surface area (Å²) in [7, 11) is 0. The van der Waals surface area contributed by atoms with E-state index in [-0.39, 0.29) is 6.42 Å². The number of aliphatic carboxylic acids is 1. The van der Waals surface area contributed by atoms with Crippen molar-refractivity contribution in [3.05, 3.63) is 0 Å². The van der Waals surface area contributed by atoms with Crippen molar-refractivity contribution in [2.45, 2.75) is 91.4 Å². The molecule has 2 heteroatoms. The summed E-state index contributed by atoms with van der Waals surface area (Å²) >= 11 is 0. The normalized spacial score (nSPS) is 11.7. The number of carbonyl (C=O) groups is 1. The third-order valence-corrected chi connectivity index (χ3v) is 3.31. The first-order chi connectivity index (χ1) is 8.42. The van der Waals surface area contributed by atoms with E-state index in [1.807, 2.05) is 0 Å². The van der Waals surface area contributed by atoms with E-state index in [4.69, 9.17) is 0 Å². The fraction of sp³-hybridized carbons (Fsp3) is 0.938. The molecule has 0 spiro atoms. The molecule has 108 valence electrons. The van der Waals surface area contributed by atoms with Gasteiger partial charge in [-0.15, -0.1) is 0 Å². The maximum atomic E-state index is 10.2. The highest BCUT2D eigenvalue weighted by Crippen LogP contribution is 2.22. The van der Waals surface area contributed by atoms with Crippen LogP contribution in [0.25, 0.3) is 0 Å². The van der Waals surface area contributed by atoms with Gasteiger partial charge >= 0.3 is 0 Å². The number of rotatable bonds is 11. The predicted molar refractivity (Wildman–Crippen MR) is 75.2 cm³/mol. The molecule has 0 fully saturated rings. The zero-order valence-electron chi connectivity index (χ0n) is 12.6. The lowest BCUT2D eigenvalue weighted by Gasteiger charge is -2.17. The maximum absolute atomic E-state index is 10.2. The lowest BCUT2D eigenvalue weighted by atomic mass is 9.89. The third-order valence-electron chi connectivity index (χ3n) is 3.31. The van der Waals surface area contributed by atoms with Crippen molar-refractivity contribution in [3.8, 4) is 0 Å². The Labute approximate surface area is 113 Å². The summed E-state index contributed by atoms with van der Waals surface area (Å²) in [6, 6.07) is 0. The number of carboxylic acid groups (broad SMARTS) is 1. The summed E-state index contributed by atoms with van der Waals surface area (Å²) in [6.07, 6.45) is 12.5. The summed E-state index contributed by atoms with van der Waals surface area (Å²) in [5.41, 5.74) is 0.485. The first kappa shape index (κ1) is 17.5. The zero-order chi connectivity index (χ0) is 13.9. The molecule has 0 bridgehead atoms. The Morgan fingerprint density at radius 2 is 1.17 bits per heavy atom. The van der Waals surface area contributed by atoms with Crippen molar-refractivity contribution in [2.24, 2.45) is 5.41 Å². The number of carbonyl (C=O) groups excluding carboxylic acids is 1. The number of hydrogen-bond acceptors (Lipinski definition) is 2. The molecule has 0 saturated carbocycles. The summed E-state index contributed by atoms with van der Waals surface area (Å²) in [5, 5.41) is 10.2. The summed E-state index contributed by atoms with van der Waals surface area (Å²) in [5.74, 6) is -0.908. The molecule has 0 heterocycles. The van der Waals surface area contributed by atoms with Gasteiger partial charge in [-0.25, -0.2) is 0 Å². The molecule has 0 N–H and O–H groups in total. The van der Waals surface area contributed by atoms with Crippen LogP contribution in [0.3, 0.4) is 0 Å². The molecule has 0 aliphatic carbocycles. The van der Waals surface area contributed by atoms with Crippen molar-refractivity contribution in [1.29, 1.82) is 0 Å². The minimum Gasteiger partial charge on any atom is -0.550 e. The maximum Gasteiger partial charge on any atom is 0.0414 e. The fourth-order valence-corrected chi connectivity index (χ4v) is 2.16. The Kier molecular flexibility index (Phi) is 10.1. The second kappa shape index (κ2) is 10.4. The predicted octanol–water partition coefficient (Wildman–Crippen LogP) is 4.07. The topological polar surface area (TPSA) is 40.1 Å². The van der Waals surface area contributed by atoms with Gasteiger partial charge in [-0.05, 0) is 24.7 Å². The van der Waals surface area contributed by atoms with E-state index in [0.717, 1.165) is 12.8 Å².